The Hall–Kier alpha value is -1.43. The minimum Gasteiger partial charge on any atom is -0.366 e. The first-order valence-electron chi connectivity index (χ1n) is 6.00. The van der Waals surface area contributed by atoms with Crippen LogP contribution in [-0.2, 0) is 4.79 Å². The maximum atomic E-state index is 11.8. The lowest BCUT2D eigenvalue weighted by molar-refractivity contribution is -0.128. The standard InChI is InChI=1S/C12H19N3O2S/c1-5-15(6-2)10(17)7-13-12-11(9(4)16)8(3)14-18-12/h13H,5-7H2,1-4H3. The van der Waals surface area contributed by atoms with Crippen molar-refractivity contribution in [2.45, 2.75) is 27.7 Å². The Bertz CT molecular complexity index is 439. The number of anilines is 1. The molecule has 0 spiro atoms. The highest BCUT2D eigenvalue weighted by Gasteiger charge is 2.16. The van der Waals surface area contributed by atoms with Gasteiger partial charge in [-0.2, -0.15) is 4.37 Å². The zero-order chi connectivity index (χ0) is 13.7. The summed E-state index contributed by atoms with van der Waals surface area (Å²) in [6, 6.07) is 0. The molecule has 100 valence electrons. The Morgan fingerprint density at radius 2 is 1.94 bits per heavy atom. The fourth-order valence-corrected chi connectivity index (χ4v) is 2.59. The van der Waals surface area contributed by atoms with Gasteiger partial charge in [0.1, 0.15) is 5.00 Å². The highest BCUT2D eigenvalue weighted by atomic mass is 32.1. The largest absolute Gasteiger partial charge is 0.366 e. The van der Waals surface area contributed by atoms with Crippen molar-refractivity contribution in [2.24, 2.45) is 0 Å². The SMILES string of the molecule is CCN(CC)C(=O)CNc1snc(C)c1C(C)=O. The number of likely N-dealkylation sites (N-methyl/N-ethyl adjacent to an activating group) is 1. The zero-order valence-electron chi connectivity index (χ0n) is 11.2. The molecule has 0 aliphatic heterocycles. The van der Waals surface area contributed by atoms with E-state index in [1.807, 2.05) is 13.8 Å². The van der Waals surface area contributed by atoms with Crippen molar-refractivity contribution in [3.63, 3.8) is 0 Å². The van der Waals surface area contributed by atoms with Crippen LogP contribution < -0.4 is 5.32 Å². The van der Waals surface area contributed by atoms with Crippen LogP contribution in [0.4, 0.5) is 5.00 Å². The molecule has 0 atom stereocenters. The minimum atomic E-state index is -0.0287. The molecule has 1 rings (SSSR count). The third kappa shape index (κ3) is 3.29. The van der Waals surface area contributed by atoms with E-state index < -0.39 is 0 Å². The molecule has 0 saturated heterocycles. The number of carbonyl (C=O) groups excluding carboxylic acids is 2. The molecule has 1 N–H and O–H groups in total. The smallest absolute Gasteiger partial charge is 0.241 e. The fraction of sp³-hybridized carbons (Fsp3) is 0.583. The second kappa shape index (κ2) is 6.49. The second-order valence-corrected chi connectivity index (χ2v) is 4.72. The first-order valence-corrected chi connectivity index (χ1v) is 6.77. The Morgan fingerprint density at radius 1 is 1.33 bits per heavy atom. The molecular formula is C12H19N3O2S. The van der Waals surface area contributed by atoms with Crippen molar-refractivity contribution in [3.05, 3.63) is 11.3 Å². The number of ketones is 1. The third-order valence-electron chi connectivity index (χ3n) is 2.73. The highest BCUT2D eigenvalue weighted by molar-refractivity contribution is 7.10. The van der Waals surface area contributed by atoms with E-state index in [2.05, 4.69) is 9.69 Å². The van der Waals surface area contributed by atoms with E-state index >= 15 is 0 Å². The van der Waals surface area contributed by atoms with Crippen molar-refractivity contribution in [1.82, 2.24) is 9.27 Å². The average Bonchev–Trinajstić information content (AvgIpc) is 2.69. The van der Waals surface area contributed by atoms with E-state index in [4.69, 9.17) is 0 Å². The summed E-state index contributed by atoms with van der Waals surface area (Å²) in [4.78, 5) is 25.0. The van der Waals surface area contributed by atoms with Crippen molar-refractivity contribution < 1.29 is 9.59 Å². The number of hydrogen-bond donors (Lipinski definition) is 1. The lowest BCUT2D eigenvalue weighted by atomic mass is 10.2. The summed E-state index contributed by atoms with van der Waals surface area (Å²) in [6.45, 7) is 8.78. The summed E-state index contributed by atoms with van der Waals surface area (Å²) < 4.78 is 4.13. The fourth-order valence-electron chi connectivity index (χ4n) is 1.75. The van der Waals surface area contributed by atoms with E-state index in [9.17, 15) is 9.59 Å². The van der Waals surface area contributed by atoms with Crippen molar-refractivity contribution in [3.8, 4) is 0 Å². The number of aromatic nitrogens is 1. The van der Waals surface area contributed by atoms with Crippen LogP contribution in [0.2, 0.25) is 0 Å². The number of carbonyl (C=O) groups is 2. The normalized spacial score (nSPS) is 10.2. The van der Waals surface area contributed by atoms with Crippen LogP contribution >= 0.6 is 11.5 Å². The van der Waals surface area contributed by atoms with Gasteiger partial charge in [-0.1, -0.05) is 0 Å². The van der Waals surface area contributed by atoms with E-state index in [-0.39, 0.29) is 18.2 Å². The second-order valence-electron chi connectivity index (χ2n) is 3.95. The predicted octanol–water partition coefficient (Wildman–Crippen LogP) is 1.93. The molecule has 0 aromatic carbocycles. The van der Waals surface area contributed by atoms with Gasteiger partial charge >= 0.3 is 0 Å². The van der Waals surface area contributed by atoms with E-state index in [1.165, 1.54) is 18.5 Å². The summed E-state index contributed by atoms with van der Waals surface area (Å²) in [6.07, 6.45) is 0. The van der Waals surface area contributed by atoms with Crippen LogP contribution in [0.15, 0.2) is 0 Å². The number of nitrogens with zero attached hydrogens (tertiary/aromatic N) is 2. The van der Waals surface area contributed by atoms with Crippen LogP contribution in [-0.4, -0.2) is 40.6 Å². The molecule has 18 heavy (non-hydrogen) atoms. The summed E-state index contributed by atoms with van der Waals surface area (Å²) in [7, 11) is 0. The highest BCUT2D eigenvalue weighted by Crippen LogP contribution is 2.24. The quantitative estimate of drug-likeness (QED) is 0.802. The van der Waals surface area contributed by atoms with Gasteiger partial charge in [0.25, 0.3) is 0 Å². The van der Waals surface area contributed by atoms with Gasteiger partial charge in [-0.25, -0.2) is 0 Å². The molecule has 0 saturated carbocycles. The minimum absolute atomic E-state index is 0.0283. The molecule has 0 fully saturated rings. The van der Waals surface area contributed by atoms with Gasteiger partial charge < -0.3 is 10.2 Å². The lowest BCUT2D eigenvalue weighted by Crippen LogP contribution is -2.35. The molecule has 1 aromatic rings. The number of amides is 1. The van der Waals surface area contributed by atoms with Gasteiger partial charge in [0, 0.05) is 13.1 Å². The van der Waals surface area contributed by atoms with Gasteiger partial charge in [0.05, 0.1) is 17.8 Å². The topological polar surface area (TPSA) is 62.3 Å². The molecule has 0 aliphatic rings. The predicted molar refractivity (Wildman–Crippen MR) is 73.3 cm³/mol. The van der Waals surface area contributed by atoms with Crippen LogP contribution in [0.25, 0.3) is 0 Å². The van der Waals surface area contributed by atoms with E-state index in [1.54, 1.807) is 11.8 Å². The molecule has 5 nitrogen and oxygen atoms in total. The molecule has 0 radical (unpaired) electrons. The number of hydrogen-bond acceptors (Lipinski definition) is 5. The van der Waals surface area contributed by atoms with Gasteiger partial charge in [-0.15, -0.1) is 0 Å². The first kappa shape index (κ1) is 14.6. The summed E-state index contributed by atoms with van der Waals surface area (Å²) >= 11 is 1.22. The molecule has 0 unspecified atom stereocenters. The molecule has 6 heteroatoms. The van der Waals surface area contributed by atoms with Crippen LogP contribution in [0.3, 0.4) is 0 Å². The maximum absolute atomic E-state index is 11.8. The maximum Gasteiger partial charge on any atom is 0.241 e. The average molecular weight is 269 g/mol. The molecule has 0 bridgehead atoms. The van der Waals surface area contributed by atoms with Gasteiger partial charge in [-0.3, -0.25) is 9.59 Å². The molecule has 1 heterocycles. The van der Waals surface area contributed by atoms with Crippen molar-refractivity contribution in [2.75, 3.05) is 25.0 Å². The summed E-state index contributed by atoms with van der Waals surface area (Å²) in [5.74, 6) is -0.000377. The Labute approximate surface area is 111 Å². The molecule has 0 aliphatic carbocycles. The molecular weight excluding hydrogens is 250 g/mol. The number of rotatable bonds is 6. The lowest BCUT2D eigenvalue weighted by Gasteiger charge is -2.18. The monoisotopic (exact) mass is 269 g/mol. The third-order valence-corrected chi connectivity index (χ3v) is 3.63. The molecule has 1 amide bonds. The van der Waals surface area contributed by atoms with Crippen molar-refractivity contribution in [1.29, 1.82) is 0 Å². The number of Topliss-reactive ketones (excluding diaryl/α,β-unsaturated/α-hetero) is 1. The van der Waals surface area contributed by atoms with Gasteiger partial charge in [-0.05, 0) is 39.2 Å². The zero-order valence-corrected chi connectivity index (χ0v) is 12.1. The van der Waals surface area contributed by atoms with Gasteiger partial charge in [0.15, 0.2) is 5.78 Å². The Balaban J connectivity index is 2.69. The Kier molecular flexibility index (Phi) is 5.27. The van der Waals surface area contributed by atoms with Crippen molar-refractivity contribution >= 4 is 28.2 Å². The van der Waals surface area contributed by atoms with E-state index in [0.717, 1.165) is 0 Å². The molecule has 1 aromatic heterocycles. The van der Waals surface area contributed by atoms with Crippen LogP contribution in [0.5, 0.6) is 0 Å². The number of nitrogens with one attached hydrogen (secondary N) is 1. The Morgan fingerprint density at radius 3 is 2.44 bits per heavy atom. The van der Waals surface area contributed by atoms with Crippen LogP contribution in [0, 0.1) is 6.92 Å². The first-order chi connectivity index (χ1) is 8.51. The summed E-state index contributed by atoms with van der Waals surface area (Å²) in [5, 5.41) is 3.69. The number of aryl methyl sites for hydroxylation is 1. The summed E-state index contributed by atoms with van der Waals surface area (Å²) in [5.41, 5.74) is 1.30. The van der Waals surface area contributed by atoms with Gasteiger partial charge in [0.2, 0.25) is 5.91 Å². The van der Waals surface area contributed by atoms with E-state index in [0.29, 0.717) is 29.3 Å². The van der Waals surface area contributed by atoms with Crippen LogP contribution in [0.1, 0.15) is 36.8 Å².